The smallest absolute Gasteiger partial charge is 0.0371 e. The van der Waals surface area contributed by atoms with E-state index in [1.807, 2.05) is 12.1 Å². The summed E-state index contributed by atoms with van der Waals surface area (Å²) in [5.74, 6) is 0.947. The van der Waals surface area contributed by atoms with Crippen LogP contribution in [0.4, 0.5) is 5.69 Å². The Morgan fingerprint density at radius 3 is 2.67 bits per heavy atom. The summed E-state index contributed by atoms with van der Waals surface area (Å²) in [5.41, 5.74) is 8.20. The lowest BCUT2D eigenvalue weighted by molar-refractivity contribution is 0.172. The van der Waals surface area contributed by atoms with Gasteiger partial charge in [-0.15, -0.1) is 0 Å². The maximum Gasteiger partial charge on any atom is 0.0371 e. The van der Waals surface area contributed by atoms with Gasteiger partial charge in [0.05, 0.1) is 0 Å². The predicted molar refractivity (Wildman–Crippen MR) is 81.5 cm³/mol. The Morgan fingerprint density at radius 2 is 2.06 bits per heavy atom. The summed E-state index contributed by atoms with van der Waals surface area (Å²) in [7, 11) is 0. The van der Waals surface area contributed by atoms with Gasteiger partial charge in [-0.25, -0.2) is 0 Å². The second kappa shape index (κ2) is 6.58. The lowest BCUT2D eigenvalue weighted by atomic mass is 9.92. The largest absolute Gasteiger partial charge is 0.398 e. The van der Waals surface area contributed by atoms with Gasteiger partial charge in [0.25, 0.3) is 0 Å². The van der Waals surface area contributed by atoms with Crippen LogP contribution in [-0.4, -0.2) is 18.0 Å². The lowest BCUT2D eigenvalue weighted by Gasteiger charge is -2.32. The van der Waals surface area contributed by atoms with Crippen molar-refractivity contribution in [2.75, 3.05) is 18.8 Å². The molecule has 2 rings (SSSR count). The highest BCUT2D eigenvalue weighted by Gasteiger charge is 2.19. The van der Waals surface area contributed by atoms with Gasteiger partial charge >= 0.3 is 0 Å². The molecule has 2 nitrogen and oxygen atoms in total. The van der Waals surface area contributed by atoms with Crippen LogP contribution in [0.5, 0.6) is 0 Å². The van der Waals surface area contributed by atoms with Crippen LogP contribution in [0.1, 0.15) is 38.2 Å². The van der Waals surface area contributed by atoms with Gasteiger partial charge in [0, 0.05) is 22.3 Å². The maximum absolute atomic E-state index is 6.06. The Morgan fingerprint density at radius 1 is 1.33 bits per heavy atom. The molecule has 1 aromatic rings. The zero-order valence-corrected chi connectivity index (χ0v) is 12.7. The SMILES string of the molecule is CCCC1CCN(Cc2c(N)cccc2Br)CC1. The summed E-state index contributed by atoms with van der Waals surface area (Å²) in [4.78, 5) is 2.53. The van der Waals surface area contributed by atoms with Crippen LogP contribution in [0.2, 0.25) is 0 Å². The molecule has 1 aliphatic rings. The first-order valence-corrected chi connectivity index (χ1v) is 7.75. The highest BCUT2D eigenvalue weighted by molar-refractivity contribution is 9.10. The first-order valence-electron chi connectivity index (χ1n) is 6.96. The first kappa shape index (κ1) is 13.9. The van der Waals surface area contributed by atoms with E-state index in [0.29, 0.717) is 0 Å². The fourth-order valence-corrected chi connectivity index (χ4v) is 3.31. The molecular weight excluding hydrogens is 288 g/mol. The molecule has 0 radical (unpaired) electrons. The summed E-state index contributed by atoms with van der Waals surface area (Å²) >= 11 is 3.60. The molecule has 2 N–H and O–H groups in total. The number of likely N-dealkylation sites (tertiary alicyclic amines) is 1. The summed E-state index contributed by atoms with van der Waals surface area (Å²) < 4.78 is 1.14. The quantitative estimate of drug-likeness (QED) is 0.850. The fraction of sp³-hybridized carbons (Fsp3) is 0.600. The molecule has 1 saturated heterocycles. The van der Waals surface area contributed by atoms with Crippen molar-refractivity contribution in [1.29, 1.82) is 0 Å². The number of benzene rings is 1. The van der Waals surface area contributed by atoms with Crippen molar-refractivity contribution >= 4 is 21.6 Å². The summed E-state index contributed by atoms with van der Waals surface area (Å²) in [6, 6.07) is 6.07. The van der Waals surface area contributed by atoms with Crippen LogP contribution in [0, 0.1) is 5.92 Å². The molecule has 0 aromatic heterocycles. The van der Waals surface area contributed by atoms with Crippen LogP contribution >= 0.6 is 15.9 Å². The van der Waals surface area contributed by atoms with E-state index in [-0.39, 0.29) is 0 Å². The predicted octanol–water partition coefficient (Wildman–Crippen LogP) is 4.04. The molecule has 18 heavy (non-hydrogen) atoms. The van der Waals surface area contributed by atoms with E-state index < -0.39 is 0 Å². The van der Waals surface area contributed by atoms with Gasteiger partial charge in [0.1, 0.15) is 0 Å². The van der Waals surface area contributed by atoms with Gasteiger partial charge in [0.15, 0.2) is 0 Å². The van der Waals surface area contributed by atoms with Gasteiger partial charge in [0.2, 0.25) is 0 Å². The Hall–Kier alpha value is -0.540. The van der Waals surface area contributed by atoms with E-state index in [9.17, 15) is 0 Å². The molecule has 1 aliphatic heterocycles. The molecule has 0 atom stereocenters. The second-order valence-corrected chi connectivity index (χ2v) is 6.17. The van der Waals surface area contributed by atoms with Crippen molar-refractivity contribution < 1.29 is 0 Å². The number of hydrogen-bond donors (Lipinski definition) is 1. The monoisotopic (exact) mass is 310 g/mol. The van der Waals surface area contributed by atoms with Crippen LogP contribution in [0.15, 0.2) is 22.7 Å². The molecule has 100 valence electrons. The number of rotatable bonds is 4. The lowest BCUT2D eigenvalue weighted by Crippen LogP contribution is -2.33. The average Bonchev–Trinajstić information content (AvgIpc) is 2.36. The van der Waals surface area contributed by atoms with Crippen LogP contribution in [0.3, 0.4) is 0 Å². The van der Waals surface area contributed by atoms with E-state index in [0.717, 1.165) is 22.6 Å². The molecule has 3 heteroatoms. The van der Waals surface area contributed by atoms with E-state index >= 15 is 0 Å². The third-order valence-corrected chi connectivity index (χ3v) is 4.68. The van der Waals surface area contributed by atoms with Crippen molar-refractivity contribution in [3.63, 3.8) is 0 Å². The third-order valence-electron chi connectivity index (χ3n) is 3.94. The number of anilines is 1. The Kier molecular flexibility index (Phi) is 5.07. The molecule has 0 aliphatic carbocycles. The maximum atomic E-state index is 6.06. The number of hydrogen-bond acceptors (Lipinski definition) is 2. The number of nitrogens with two attached hydrogens (primary N) is 1. The number of nitrogens with zero attached hydrogens (tertiary/aromatic N) is 1. The minimum absolute atomic E-state index is 0.903. The third kappa shape index (κ3) is 3.48. The molecule has 0 unspecified atom stereocenters. The first-order chi connectivity index (χ1) is 8.70. The van der Waals surface area contributed by atoms with Crippen LogP contribution in [-0.2, 0) is 6.54 Å². The van der Waals surface area contributed by atoms with E-state index in [1.54, 1.807) is 0 Å². The topological polar surface area (TPSA) is 29.3 Å². The van der Waals surface area contributed by atoms with E-state index in [1.165, 1.54) is 44.3 Å². The summed E-state index contributed by atoms with van der Waals surface area (Å²) in [6.07, 6.45) is 5.41. The number of piperidine rings is 1. The fourth-order valence-electron chi connectivity index (χ4n) is 2.81. The van der Waals surface area contributed by atoms with Gasteiger partial charge in [-0.2, -0.15) is 0 Å². The Bertz CT molecular complexity index is 364. The molecule has 1 fully saturated rings. The van der Waals surface area contributed by atoms with Crippen molar-refractivity contribution in [2.45, 2.75) is 39.2 Å². The Balaban J connectivity index is 1.92. The number of nitrogen functional groups attached to an aromatic ring is 1. The zero-order valence-electron chi connectivity index (χ0n) is 11.2. The average molecular weight is 311 g/mol. The van der Waals surface area contributed by atoms with Crippen molar-refractivity contribution in [1.82, 2.24) is 4.90 Å². The normalized spacial score (nSPS) is 18.1. The van der Waals surface area contributed by atoms with E-state index in [2.05, 4.69) is 33.8 Å². The second-order valence-electron chi connectivity index (χ2n) is 5.32. The summed E-state index contributed by atoms with van der Waals surface area (Å²) in [5, 5.41) is 0. The number of halogens is 1. The van der Waals surface area contributed by atoms with Crippen molar-refractivity contribution in [2.24, 2.45) is 5.92 Å². The van der Waals surface area contributed by atoms with Gasteiger partial charge in [-0.1, -0.05) is 41.8 Å². The zero-order chi connectivity index (χ0) is 13.0. The molecule has 0 bridgehead atoms. The van der Waals surface area contributed by atoms with Crippen molar-refractivity contribution in [3.05, 3.63) is 28.2 Å². The van der Waals surface area contributed by atoms with Crippen LogP contribution in [0.25, 0.3) is 0 Å². The summed E-state index contributed by atoms with van der Waals surface area (Å²) in [6.45, 7) is 5.69. The highest BCUT2D eigenvalue weighted by Crippen LogP contribution is 2.27. The standard InChI is InChI=1S/C15H23BrN2/c1-2-4-12-7-9-18(10-8-12)11-13-14(16)5-3-6-15(13)17/h3,5-6,12H,2,4,7-11,17H2,1H3. The van der Waals surface area contributed by atoms with Gasteiger partial charge < -0.3 is 5.73 Å². The highest BCUT2D eigenvalue weighted by atomic mass is 79.9. The van der Waals surface area contributed by atoms with Gasteiger partial charge in [-0.3, -0.25) is 4.90 Å². The molecule has 0 amide bonds. The molecule has 0 saturated carbocycles. The molecule has 1 aromatic carbocycles. The van der Waals surface area contributed by atoms with Crippen LogP contribution < -0.4 is 5.73 Å². The molecular formula is C15H23BrN2. The minimum atomic E-state index is 0.903. The van der Waals surface area contributed by atoms with Gasteiger partial charge in [-0.05, 0) is 44.0 Å². The molecule has 1 heterocycles. The Labute approximate surface area is 119 Å². The minimum Gasteiger partial charge on any atom is -0.398 e. The molecule has 0 spiro atoms. The van der Waals surface area contributed by atoms with Crippen molar-refractivity contribution in [3.8, 4) is 0 Å². The van der Waals surface area contributed by atoms with E-state index in [4.69, 9.17) is 5.73 Å².